The summed E-state index contributed by atoms with van der Waals surface area (Å²) in [6.45, 7) is 4.37. The summed E-state index contributed by atoms with van der Waals surface area (Å²) in [4.78, 5) is 11.4. The molecule has 0 heterocycles. The van der Waals surface area contributed by atoms with Crippen molar-refractivity contribution in [2.75, 3.05) is 13.2 Å². The molecule has 0 fully saturated rings. The lowest BCUT2D eigenvalue weighted by Gasteiger charge is -2.06. The van der Waals surface area contributed by atoms with Crippen LogP contribution in [0.2, 0.25) is 0 Å². The van der Waals surface area contributed by atoms with Crippen LogP contribution in [0.1, 0.15) is 25.7 Å². The van der Waals surface area contributed by atoms with Crippen molar-refractivity contribution in [2.24, 2.45) is 10.2 Å². The van der Waals surface area contributed by atoms with E-state index in [9.17, 15) is 13.2 Å². The van der Waals surface area contributed by atoms with E-state index >= 15 is 0 Å². The summed E-state index contributed by atoms with van der Waals surface area (Å²) in [7, 11) is -3.56. The van der Waals surface area contributed by atoms with E-state index in [2.05, 4.69) is 16.8 Å². The van der Waals surface area contributed by atoms with Crippen LogP contribution in [-0.2, 0) is 19.4 Å². The van der Waals surface area contributed by atoms with Crippen molar-refractivity contribution in [1.29, 1.82) is 0 Å². The number of benzene rings is 3. The molecule has 3 rings (SSSR count). The Bertz CT molecular complexity index is 1220. The van der Waals surface area contributed by atoms with Crippen molar-refractivity contribution in [3.63, 3.8) is 0 Å². The number of rotatable bonds is 13. The number of sulfone groups is 1. The fourth-order valence-electron chi connectivity index (χ4n) is 3.13. The second-order valence-corrected chi connectivity index (χ2v) is 9.59. The Kier molecular flexibility index (Phi) is 9.74. The summed E-state index contributed by atoms with van der Waals surface area (Å²) in [6.07, 6.45) is 4.85. The average Bonchev–Trinajstić information content (AvgIpc) is 2.90. The number of ether oxygens (including phenoxy) is 2. The standard InChI is InChI=1S/C27H28N2O5S/c1-2-27(30)34-21-9-4-3-8-20-33-24-16-12-22(13-17-24)28-29-23-14-18-26(19-15-23)35(31,32)25-10-6-5-7-11-25/h2,5-7,10-19H,1,3-4,8-9,20-21H2/b29-28+. The summed E-state index contributed by atoms with van der Waals surface area (Å²) < 4.78 is 36.0. The number of azo groups is 1. The molecule has 0 aliphatic heterocycles. The number of esters is 1. The fraction of sp³-hybridized carbons (Fsp3) is 0.222. The quantitative estimate of drug-likeness (QED) is 0.116. The zero-order valence-corrected chi connectivity index (χ0v) is 20.2. The van der Waals surface area contributed by atoms with Crippen LogP contribution in [0, 0.1) is 0 Å². The molecule has 0 saturated carbocycles. The van der Waals surface area contributed by atoms with E-state index in [0.29, 0.717) is 24.6 Å². The molecule has 0 amide bonds. The Labute approximate surface area is 206 Å². The summed E-state index contributed by atoms with van der Waals surface area (Å²) in [5.41, 5.74) is 1.21. The van der Waals surface area contributed by atoms with Gasteiger partial charge in [-0.1, -0.05) is 24.8 Å². The Morgan fingerprint density at radius 3 is 1.89 bits per heavy atom. The van der Waals surface area contributed by atoms with Crippen molar-refractivity contribution in [3.8, 4) is 5.75 Å². The number of hydrogen-bond acceptors (Lipinski definition) is 7. The third kappa shape index (κ3) is 8.19. The number of carbonyl (C=O) groups is 1. The molecule has 0 aliphatic carbocycles. The molecular formula is C27H28N2O5S. The highest BCUT2D eigenvalue weighted by Crippen LogP contribution is 2.25. The lowest BCUT2D eigenvalue weighted by atomic mass is 10.2. The van der Waals surface area contributed by atoms with Gasteiger partial charge in [-0.3, -0.25) is 0 Å². The third-order valence-corrected chi connectivity index (χ3v) is 6.82. The van der Waals surface area contributed by atoms with Crippen LogP contribution in [0.4, 0.5) is 11.4 Å². The van der Waals surface area contributed by atoms with Gasteiger partial charge in [0.15, 0.2) is 0 Å². The van der Waals surface area contributed by atoms with E-state index in [0.717, 1.165) is 31.4 Å². The highest BCUT2D eigenvalue weighted by Gasteiger charge is 2.16. The molecule has 8 heteroatoms. The van der Waals surface area contributed by atoms with Gasteiger partial charge in [-0.25, -0.2) is 13.2 Å². The molecule has 0 spiro atoms. The van der Waals surface area contributed by atoms with Crippen molar-refractivity contribution in [3.05, 3.63) is 91.5 Å². The molecule has 0 bridgehead atoms. The zero-order valence-electron chi connectivity index (χ0n) is 19.4. The Hall–Kier alpha value is -3.78. The fourth-order valence-corrected chi connectivity index (χ4v) is 4.41. The molecule has 7 nitrogen and oxygen atoms in total. The van der Waals surface area contributed by atoms with Gasteiger partial charge >= 0.3 is 5.97 Å². The van der Waals surface area contributed by atoms with Crippen LogP contribution in [0.25, 0.3) is 0 Å². The molecule has 0 atom stereocenters. The first-order valence-electron chi connectivity index (χ1n) is 11.3. The molecule has 182 valence electrons. The molecule has 0 saturated heterocycles. The minimum absolute atomic E-state index is 0.209. The topological polar surface area (TPSA) is 94.4 Å². The van der Waals surface area contributed by atoms with Gasteiger partial charge in [-0.2, -0.15) is 10.2 Å². The van der Waals surface area contributed by atoms with E-state index in [1.165, 1.54) is 18.2 Å². The van der Waals surface area contributed by atoms with Crippen LogP contribution < -0.4 is 4.74 Å². The minimum Gasteiger partial charge on any atom is -0.494 e. The summed E-state index contributed by atoms with van der Waals surface area (Å²) in [5, 5.41) is 8.38. The van der Waals surface area contributed by atoms with Gasteiger partial charge in [-0.15, -0.1) is 0 Å². The lowest BCUT2D eigenvalue weighted by Crippen LogP contribution is -2.02. The first-order chi connectivity index (χ1) is 17.0. The maximum absolute atomic E-state index is 12.7. The van der Waals surface area contributed by atoms with Crippen molar-refractivity contribution in [2.45, 2.75) is 35.5 Å². The van der Waals surface area contributed by atoms with Crippen LogP contribution in [0.3, 0.4) is 0 Å². The highest BCUT2D eigenvalue weighted by atomic mass is 32.2. The first kappa shape index (κ1) is 25.8. The summed E-state index contributed by atoms with van der Waals surface area (Å²) in [5.74, 6) is 0.364. The minimum atomic E-state index is -3.56. The van der Waals surface area contributed by atoms with Crippen molar-refractivity contribution >= 4 is 27.2 Å². The molecule has 35 heavy (non-hydrogen) atoms. The zero-order chi connectivity index (χ0) is 24.9. The molecule has 0 aliphatic rings. The Morgan fingerprint density at radius 1 is 0.743 bits per heavy atom. The molecule has 0 unspecified atom stereocenters. The molecule has 0 radical (unpaired) electrons. The van der Waals surface area contributed by atoms with Crippen molar-refractivity contribution in [1.82, 2.24) is 0 Å². The smallest absolute Gasteiger partial charge is 0.330 e. The van der Waals surface area contributed by atoms with Crippen LogP contribution in [-0.4, -0.2) is 27.6 Å². The Balaban J connectivity index is 1.42. The van der Waals surface area contributed by atoms with Gasteiger partial charge < -0.3 is 9.47 Å². The first-order valence-corrected chi connectivity index (χ1v) is 12.8. The maximum Gasteiger partial charge on any atom is 0.330 e. The number of carbonyl (C=O) groups excluding carboxylic acids is 1. The van der Waals surface area contributed by atoms with E-state index in [4.69, 9.17) is 9.47 Å². The molecule has 3 aromatic carbocycles. The van der Waals surface area contributed by atoms with Crippen LogP contribution >= 0.6 is 0 Å². The molecule has 0 N–H and O–H groups in total. The molecular weight excluding hydrogens is 464 g/mol. The Morgan fingerprint density at radius 2 is 1.29 bits per heavy atom. The second kappa shape index (κ2) is 13.2. The highest BCUT2D eigenvalue weighted by molar-refractivity contribution is 7.91. The largest absolute Gasteiger partial charge is 0.494 e. The van der Waals surface area contributed by atoms with E-state index < -0.39 is 9.84 Å². The third-order valence-electron chi connectivity index (χ3n) is 5.04. The number of hydrogen-bond donors (Lipinski definition) is 0. The van der Waals surface area contributed by atoms with Crippen LogP contribution in [0.5, 0.6) is 5.75 Å². The van der Waals surface area contributed by atoms with Gasteiger partial charge in [0, 0.05) is 6.08 Å². The summed E-state index contributed by atoms with van der Waals surface area (Å²) in [6, 6.07) is 21.9. The van der Waals surface area contributed by atoms with E-state index in [1.54, 1.807) is 54.6 Å². The monoisotopic (exact) mass is 492 g/mol. The predicted octanol–water partition coefficient (Wildman–Crippen LogP) is 6.60. The van der Waals surface area contributed by atoms with E-state index in [-0.39, 0.29) is 15.8 Å². The van der Waals surface area contributed by atoms with Crippen molar-refractivity contribution < 1.29 is 22.7 Å². The van der Waals surface area contributed by atoms with Gasteiger partial charge in [0.05, 0.1) is 34.4 Å². The normalized spacial score (nSPS) is 11.3. The van der Waals surface area contributed by atoms with E-state index in [1.807, 2.05) is 12.1 Å². The average molecular weight is 493 g/mol. The van der Waals surface area contributed by atoms with Gasteiger partial charge in [0.25, 0.3) is 0 Å². The number of nitrogens with zero attached hydrogens (tertiary/aromatic N) is 2. The summed E-state index contributed by atoms with van der Waals surface area (Å²) >= 11 is 0. The van der Waals surface area contributed by atoms with Gasteiger partial charge in [-0.05, 0) is 86.3 Å². The molecule has 0 aromatic heterocycles. The number of unbranched alkanes of at least 4 members (excludes halogenated alkanes) is 3. The SMILES string of the molecule is C=CC(=O)OCCCCCCOc1ccc(/N=N/c2ccc(S(=O)(=O)c3ccccc3)cc2)cc1. The second-order valence-electron chi connectivity index (χ2n) is 7.64. The molecule has 3 aromatic rings. The lowest BCUT2D eigenvalue weighted by molar-refractivity contribution is -0.137. The maximum atomic E-state index is 12.7. The predicted molar refractivity (Wildman–Crippen MR) is 134 cm³/mol. The van der Waals surface area contributed by atoms with Gasteiger partial charge in [0.2, 0.25) is 9.84 Å². The van der Waals surface area contributed by atoms with Crippen LogP contribution in [0.15, 0.2) is 112 Å². The van der Waals surface area contributed by atoms with Gasteiger partial charge in [0.1, 0.15) is 5.75 Å².